The number of rotatable bonds is 5. The molecule has 0 aliphatic rings. The summed E-state index contributed by atoms with van der Waals surface area (Å²) in [5.74, 6) is -0.0300. The summed E-state index contributed by atoms with van der Waals surface area (Å²) in [6, 6.07) is 2.21. The van der Waals surface area contributed by atoms with Crippen molar-refractivity contribution in [3.05, 3.63) is 32.8 Å². The van der Waals surface area contributed by atoms with Crippen LogP contribution in [0.25, 0.3) is 0 Å². The second-order valence-electron chi connectivity index (χ2n) is 5.15. The SMILES string of the molecule is CC(C)CC(C)NC(=O)c1cc([N+](=O)[O-])cc(Cl)c1N. The van der Waals surface area contributed by atoms with Crippen LogP contribution in [0, 0.1) is 16.0 Å². The number of benzene rings is 1. The zero-order valence-electron chi connectivity index (χ0n) is 11.6. The molecule has 1 unspecified atom stereocenters. The number of nitrogens with zero attached hydrogens (tertiary/aromatic N) is 1. The van der Waals surface area contributed by atoms with Crippen molar-refractivity contribution in [3.8, 4) is 0 Å². The zero-order valence-corrected chi connectivity index (χ0v) is 12.4. The Kier molecular flexibility index (Phi) is 5.33. The summed E-state index contributed by atoms with van der Waals surface area (Å²) in [7, 11) is 0. The fourth-order valence-electron chi connectivity index (χ4n) is 1.96. The maximum absolute atomic E-state index is 12.1. The van der Waals surface area contributed by atoms with E-state index in [9.17, 15) is 14.9 Å². The molecule has 110 valence electrons. The second kappa shape index (κ2) is 6.56. The number of nitro benzene ring substituents is 1. The molecule has 1 aromatic rings. The highest BCUT2D eigenvalue weighted by molar-refractivity contribution is 6.34. The Bertz CT molecular complexity index is 532. The van der Waals surface area contributed by atoms with E-state index in [4.69, 9.17) is 17.3 Å². The van der Waals surface area contributed by atoms with Gasteiger partial charge in [-0.3, -0.25) is 14.9 Å². The van der Waals surface area contributed by atoms with E-state index in [0.717, 1.165) is 18.6 Å². The van der Waals surface area contributed by atoms with Crippen molar-refractivity contribution in [2.75, 3.05) is 5.73 Å². The molecule has 6 nitrogen and oxygen atoms in total. The minimum Gasteiger partial charge on any atom is -0.397 e. The number of carbonyl (C=O) groups excluding carboxylic acids is 1. The molecule has 3 N–H and O–H groups in total. The standard InChI is InChI=1S/C13H18ClN3O3/c1-7(2)4-8(3)16-13(18)10-5-9(17(19)20)6-11(14)12(10)15/h5-8H,4,15H2,1-3H3,(H,16,18). The second-order valence-corrected chi connectivity index (χ2v) is 5.56. The van der Waals surface area contributed by atoms with Gasteiger partial charge in [0.2, 0.25) is 0 Å². The van der Waals surface area contributed by atoms with Crippen molar-refractivity contribution in [2.24, 2.45) is 5.92 Å². The van der Waals surface area contributed by atoms with E-state index < -0.39 is 10.8 Å². The first kappa shape index (κ1) is 16.2. The molecule has 1 amide bonds. The van der Waals surface area contributed by atoms with Gasteiger partial charge in [-0.15, -0.1) is 0 Å². The van der Waals surface area contributed by atoms with Crippen LogP contribution in [0.5, 0.6) is 0 Å². The van der Waals surface area contributed by atoms with Crippen molar-refractivity contribution in [2.45, 2.75) is 33.2 Å². The van der Waals surface area contributed by atoms with Crippen LogP contribution in [0.1, 0.15) is 37.6 Å². The Morgan fingerprint density at radius 2 is 2.05 bits per heavy atom. The number of nitrogens with two attached hydrogens (primary N) is 1. The fourth-order valence-corrected chi connectivity index (χ4v) is 2.18. The molecule has 0 heterocycles. The first-order chi connectivity index (χ1) is 9.22. The van der Waals surface area contributed by atoms with Crippen LogP contribution >= 0.6 is 11.6 Å². The molecule has 1 rings (SSSR count). The molecular formula is C13H18ClN3O3. The first-order valence-electron chi connectivity index (χ1n) is 6.26. The Labute approximate surface area is 122 Å². The predicted molar refractivity (Wildman–Crippen MR) is 78.9 cm³/mol. The van der Waals surface area contributed by atoms with E-state index in [2.05, 4.69) is 5.32 Å². The van der Waals surface area contributed by atoms with Gasteiger partial charge in [0, 0.05) is 18.2 Å². The van der Waals surface area contributed by atoms with Gasteiger partial charge in [0.25, 0.3) is 11.6 Å². The van der Waals surface area contributed by atoms with Crippen LogP contribution in [0.15, 0.2) is 12.1 Å². The smallest absolute Gasteiger partial charge is 0.271 e. The summed E-state index contributed by atoms with van der Waals surface area (Å²) < 4.78 is 0. The number of hydrogen-bond acceptors (Lipinski definition) is 4. The number of carbonyl (C=O) groups is 1. The summed E-state index contributed by atoms with van der Waals surface area (Å²) in [5, 5.41) is 13.5. The van der Waals surface area contributed by atoms with Crippen molar-refractivity contribution in [3.63, 3.8) is 0 Å². The lowest BCUT2D eigenvalue weighted by Gasteiger charge is -2.16. The number of anilines is 1. The van der Waals surface area contributed by atoms with Crippen LogP contribution < -0.4 is 11.1 Å². The minimum absolute atomic E-state index is 0.000799. The molecule has 0 aromatic heterocycles. The molecule has 0 fully saturated rings. The van der Waals surface area contributed by atoms with E-state index in [0.29, 0.717) is 5.92 Å². The average molecular weight is 300 g/mol. The van der Waals surface area contributed by atoms with Crippen LogP contribution in [-0.2, 0) is 0 Å². The molecule has 1 aromatic carbocycles. The van der Waals surface area contributed by atoms with Gasteiger partial charge in [-0.05, 0) is 19.3 Å². The van der Waals surface area contributed by atoms with Crippen LogP contribution in [0.4, 0.5) is 11.4 Å². The van der Waals surface area contributed by atoms with Crippen molar-refractivity contribution < 1.29 is 9.72 Å². The van der Waals surface area contributed by atoms with Crippen molar-refractivity contribution >= 4 is 28.9 Å². The molecule has 0 spiro atoms. The molecule has 7 heteroatoms. The van der Waals surface area contributed by atoms with Gasteiger partial charge in [-0.25, -0.2) is 0 Å². The minimum atomic E-state index is -0.611. The van der Waals surface area contributed by atoms with Gasteiger partial charge in [0.1, 0.15) is 0 Å². The highest BCUT2D eigenvalue weighted by atomic mass is 35.5. The number of halogens is 1. The number of nitrogen functional groups attached to an aromatic ring is 1. The molecule has 0 bridgehead atoms. The van der Waals surface area contributed by atoms with Crippen LogP contribution in [0.2, 0.25) is 5.02 Å². The molecule has 1 atom stereocenters. The molecular weight excluding hydrogens is 282 g/mol. The Balaban J connectivity index is 3.00. The van der Waals surface area contributed by atoms with E-state index in [-0.39, 0.29) is 28.0 Å². The molecule has 20 heavy (non-hydrogen) atoms. The van der Waals surface area contributed by atoms with Gasteiger partial charge in [-0.1, -0.05) is 25.4 Å². The van der Waals surface area contributed by atoms with Gasteiger partial charge < -0.3 is 11.1 Å². The summed E-state index contributed by atoms with van der Waals surface area (Å²) in [5.41, 5.74) is 5.53. The summed E-state index contributed by atoms with van der Waals surface area (Å²) in [6.45, 7) is 5.95. The van der Waals surface area contributed by atoms with Gasteiger partial charge in [-0.2, -0.15) is 0 Å². The highest BCUT2D eigenvalue weighted by Crippen LogP contribution is 2.28. The zero-order chi connectivity index (χ0) is 15.4. The van der Waals surface area contributed by atoms with E-state index in [1.54, 1.807) is 0 Å². The van der Waals surface area contributed by atoms with Crippen molar-refractivity contribution in [1.82, 2.24) is 5.32 Å². The molecule has 0 aliphatic carbocycles. The Morgan fingerprint density at radius 1 is 1.45 bits per heavy atom. The third kappa shape index (κ3) is 4.09. The fraction of sp³-hybridized carbons (Fsp3) is 0.462. The van der Waals surface area contributed by atoms with E-state index >= 15 is 0 Å². The van der Waals surface area contributed by atoms with Gasteiger partial charge in [0.15, 0.2) is 0 Å². The summed E-state index contributed by atoms with van der Waals surface area (Å²) >= 11 is 5.82. The van der Waals surface area contributed by atoms with Crippen molar-refractivity contribution in [1.29, 1.82) is 0 Å². The number of nitro groups is 1. The Hall–Kier alpha value is -1.82. The summed E-state index contributed by atoms with van der Waals surface area (Å²) in [6.07, 6.45) is 0.800. The number of nitrogens with one attached hydrogen (secondary N) is 1. The largest absolute Gasteiger partial charge is 0.397 e. The lowest BCUT2D eigenvalue weighted by Crippen LogP contribution is -2.34. The van der Waals surface area contributed by atoms with Gasteiger partial charge in [0.05, 0.1) is 21.2 Å². The monoisotopic (exact) mass is 299 g/mol. The highest BCUT2D eigenvalue weighted by Gasteiger charge is 2.20. The quantitative estimate of drug-likeness (QED) is 0.496. The average Bonchev–Trinajstić information content (AvgIpc) is 2.30. The van der Waals surface area contributed by atoms with Crippen LogP contribution in [-0.4, -0.2) is 16.9 Å². The predicted octanol–water partition coefficient (Wildman–Crippen LogP) is 2.99. The summed E-state index contributed by atoms with van der Waals surface area (Å²) in [4.78, 5) is 22.3. The van der Waals surface area contributed by atoms with Gasteiger partial charge >= 0.3 is 0 Å². The third-order valence-electron chi connectivity index (χ3n) is 2.77. The van der Waals surface area contributed by atoms with Crippen LogP contribution in [0.3, 0.4) is 0 Å². The number of amides is 1. The molecule has 0 aliphatic heterocycles. The molecule has 0 saturated heterocycles. The maximum atomic E-state index is 12.1. The normalized spacial score (nSPS) is 12.2. The maximum Gasteiger partial charge on any atom is 0.271 e. The molecule has 0 radical (unpaired) electrons. The van der Waals surface area contributed by atoms with E-state index in [1.165, 1.54) is 0 Å². The number of non-ortho nitro benzene ring substituents is 1. The lowest BCUT2D eigenvalue weighted by molar-refractivity contribution is -0.384. The lowest BCUT2D eigenvalue weighted by atomic mass is 10.0. The van der Waals surface area contributed by atoms with E-state index in [1.807, 2.05) is 20.8 Å². The Morgan fingerprint density at radius 3 is 2.55 bits per heavy atom. The molecule has 0 saturated carbocycles. The first-order valence-corrected chi connectivity index (χ1v) is 6.64. The topological polar surface area (TPSA) is 98.3 Å². The third-order valence-corrected chi connectivity index (χ3v) is 3.08. The number of hydrogen-bond donors (Lipinski definition) is 2.